The van der Waals surface area contributed by atoms with E-state index >= 15 is 0 Å². The van der Waals surface area contributed by atoms with Crippen LogP contribution in [-0.4, -0.2) is 33.5 Å². The third-order valence-corrected chi connectivity index (χ3v) is 6.04. The highest BCUT2D eigenvalue weighted by atomic mass is 32.2. The summed E-state index contributed by atoms with van der Waals surface area (Å²) < 4.78 is 38.5. The number of ether oxygens (including phenoxy) is 2. The quantitative estimate of drug-likeness (QED) is 0.799. The Labute approximate surface area is 169 Å². The smallest absolute Gasteiger partial charge is 0.262 e. The summed E-state index contributed by atoms with van der Waals surface area (Å²) in [4.78, 5) is 16.9. The zero-order valence-corrected chi connectivity index (χ0v) is 16.5. The Morgan fingerprint density at radius 3 is 2.76 bits per heavy atom. The second-order valence-electron chi connectivity index (χ2n) is 6.79. The largest absolute Gasteiger partial charge is 0.454 e. The molecule has 0 atom stereocenters. The van der Waals surface area contributed by atoms with Gasteiger partial charge in [-0.05, 0) is 49.2 Å². The van der Waals surface area contributed by atoms with Gasteiger partial charge in [-0.15, -0.1) is 0 Å². The third kappa shape index (κ3) is 4.51. The Hall–Kier alpha value is -3.07. The van der Waals surface area contributed by atoms with E-state index in [9.17, 15) is 13.2 Å². The van der Waals surface area contributed by atoms with E-state index in [2.05, 4.69) is 15.0 Å². The van der Waals surface area contributed by atoms with Gasteiger partial charge in [0.1, 0.15) is 5.84 Å². The topological polar surface area (TPSA) is 106 Å². The highest BCUT2D eigenvalue weighted by Gasteiger charge is 2.19. The van der Waals surface area contributed by atoms with Crippen LogP contribution in [0.4, 0.5) is 5.69 Å². The lowest BCUT2D eigenvalue weighted by atomic mass is 10.2. The lowest BCUT2D eigenvalue weighted by Gasteiger charge is -2.11. The Morgan fingerprint density at radius 2 is 1.86 bits per heavy atom. The van der Waals surface area contributed by atoms with Gasteiger partial charge in [0.15, 0.2) is 11.5 Å². The average molecular weight is 415 g/mol. The highest BCUT2D eigenvalue weighted by molar-refractivity contribution is 7.90. The van der Waals surface area contributed by atoms with Crippen molar-refractivity contribution in [2.75, 3.05) is 18.7 Å². The Morgan fingerprint density at radius 1 is 1.00 bits per heavy atom. The molecule has 0 aromatic heterocycles. The molecule has 0 bridgehead atoms. The lowest BCUT2D eigenvalue weighted by molar-refractivity contribution is 0.102. The fourth-order valence-electron chi connectivity index (χ4n) is 3.15. The molecule has 0 aliphatic carbocycles. The van der Waals surface area contributed by atoms with Crippen LogP contribution in [0.25, 0.3) is 0 Å². The second-order valence-corrected chi connectivity index (χ2v) is 8.48. The van der Waals surface area contributed by atoms with Crippen molar-refractivity contribution in [2.24, 2.45) is 4.99 Å². The predicted molar refractivity (Wildman–Crippen MR) is 108 cm³/mol. The average Bonchev–Trinajstić information content (AvgIpc) is 3.04. The SMILES string of the molecule is O=C(Nc1cccc(S(=O)(=O)NC2=NCCCCC2)c1)c1ccc2c(c1)OCO2. The number of amidine groups is 1. The molecular weight excluding hydrogens is 394 g/mol. The maximum atomic E-state index is 12.7. The fourth-order valence-corrected chi connectivity index (χ4v) is 4.29. The maximum absolute atomic E-state index is 12.7. The predicted octanol–water partition coefficient (Wildman–Crippen LogP) is 2.92. The number of rotatable bonds is 4. The molecule has 9 heteroatoms. The van der Waals surface area contributed by atoms with Gasteiger partial charge in [-0.1, -0.05) is 12.5 Å². The summed E-state index contributed by atoms with van der Waals surface area (Å²) in [6, 6.07) is 11.0. The van der Waals surface area contributed by atoms with Gasteiger partial charge in [-0.25, -0.2) is 8.42 Å². The van der Waals surface area contributed by atoms with Crippen molar-refractivity contribution >= 4 is 27.5 Å². The minimum absolute atomic E-state index is 0.0629. The molecule has 0 saturated heterocycles. The molecule has 2 aromatic carbocycles. The number of fused-ring (bicyclic) bond motifs is 1. The number of aliphatic imine (C=N–C) groups is 1. The molecule has 29 heavy (non-hydrogen) atoms. The highest BCUT2D eigenvalue weighted by Crippen LogP contribution is 2.32. The van der Waals surface area contributed by atoms with E-state index in [0.717, 1.165) is 19.3 Å². The van der Waals surface area contributed by atoms with Crippen LogP contribution in [-0.2, 0) is 10.0 Å². The van der Waals surface area contributed by atoms with Crippen LogP contribution in [0.3, 0.4) is 0 Å². The molecule has 4 rings (SSSR count). The monoisotopic (exact) mass is 415 g/mol. The van der Waals surface area contributed by atoms with Gasteiger partial charge in [0.05, 0.1) is 4.90 Å². The summed E-state index contributed by atoms with van der Waals surface area (Å²) in [7, 11) is -3.78. The summed E-state index contributed by atoms with van der Waals surface area (Å²) >= 11 is 0. The maximum Gasteiger partial charge on any atom is 0.262 e. The number of hydrogen-bond donors (Lipinski definition) is 2. The first kappa shape index (κ1) is 19.3. The first-order chi connectivity index (χ1) is 14.0. The minimum atomic E-state index is -3.78. The summed E-state index contributed by atoms with van der Waals surface area (Å²) in [5, 5.41) is 2.72. The summed E-state index contributed by atoms with van der Waals surface area (Å²) in [6.45, 7) is 0.752. The molecule has 0 radical (unpaired) electrons. The molecule has 0 unspecified atom stereocenters. The molecule has 0 saturated carbocycles. The summed E-state index contributed by atoms with van der Waals surface area (Å²) in [5.74, 6) is 1.20. The molecule has 8 nitrogen and oxygen atoms in total. The molecule has 2 aromatic rings. The standard InChI is InChI=1S/C20H21N3O5S/c24-20(14-8-9-17-18(11-14)28-13-27-17)22-15-5-4-6-16(12-15)29(25,26)23-19-7-2-1-3-10-21-19/h4-6,8-9,11-12H,1-3,7,10,13H2,(H,21,23)(H,22,24). The molecule has 2 heterocycles. The molecule has 2 aliphatic heterocycles. The van der Waals surface area contributed by atoms with Gasteiger partial charge in [0, 0.05) is 24.2 Å². The number of carbonyl (C=O) groups is 1. The van der Waals surface area contributed by atoms with Gasteiger partial charge < -0.3 is 14.8 Å². The lowest BCUT2D eigenvalue weighted by Crippen LogP contribution is -2.30. The van der Waals surface area contributed by atoms with Gasteiger partial charge in [-0.2, -0.15) is 0 Å². The zero-order chi connectivity index (χ0) is 20.3. The second kappa shape index (κ2) is 8.12. The fraction of sp³-hybridized carbons (Fsp3) is 0.300. The molecule has 2 aliphatic rings. The van der Waals surface area contributed by atoms with E-state index in [1.165, 1.54) is 12.1 Å². The summed E-state index contributed by atoms with van der Waals surface area (Å²) in [6.07, 6.45) is 3.52. The van der Waals surface area contributed by atoms with E-state index in [4.69, 9.17) is 9.47 Å². The molecule has 0 fully saturated rings. The van der Waals surface area contributed by atoms with Crippen LogP contribution in [0.15, 0.2) is 52.4 Å². The number of hydrogen-bond acceptors (Lipinski definition) is 6. The zero-order valence-electron chi connectivity index (χ0n) is 15.7. The number of carbonyl (C=O) groups excluding carboxylic acids is 1. The first-order valence-corrected chi connectivity index (χ1v) is 10.9. The van der Waals surface area contributed by atoms with Crippen LogP contribution in [0, 0.1) is 0 Å². The number of sulfonamides is 1. The van der Waals surface area contributed by atoms with Crippen LogP contribution < -0.4 is 19.5 Å². The van der Waals surface area contributed by atoms with E-state index in [-0.39, 0.29) is 17.6 Å². The van der Waals surface area contributed by atoms with Crippen LogP contribution >= 0.6 is 0 Å². The molecule has 2 N–H and O–H groups in total. The van der Waals surface area contributed by atoms with E-state index in [1.807, 2.05) is 0 Å². The third-order valence-electron chi connectivity index (χ3n) is 4.66. The van der Waals surface area contributed by atoms with Gasteiger partial charge in [0.2, 0.25) is 6.79 Å². The van der Waals surface area contributed by atoms with Crippen molar-refractivity contribution < 1.29 is 22.7 Å². The normalized spacial score (nSPS) is 15.9. The number of anilines is 1. The van der Waals surface area contributed by atoms with Crippen LogP contribution in [0.5, 0.6) is 11.5 Å². The molecule has 0 spiro atoms. The van der Waals surface area contributed by atoms with E-state index < -0.39 is 10.0 Å². The van der Waals surface area contributed by atoms with Crippen molar-refractivity contribution in [3.63, 3.8) is 0 Å². The number of amides is 1. The number of nitrogens with one attached hydrogen (secondary N) is 2. The van der Waals surface area contributed by atoms with Gasteiger partial charge in [0.25, 0.3) is 15.9 Å². The van der Waals surface area contributed by atoms with Crippen LogP contribution in [0.2, 0.25) is 0 Å². The number of benzene rings is 2. The molecule has 1 amide bonds. The van der Waals surface area contributed by atoms with Crippen molar-refractivity contribution in [3.8, 4) is 11.5 Å². The van der Waals surface area contributed by atoms with Crippen LogP contribution in [0.1, 0.15) is 36.0 Å². The number of nitrogens with zero attached hydrogens (tertiary/aromatic N) is 1. The Balaban J connectivity index is 1.49. The van der Waals surface area contributed by atoms with Crippen molar-refractivity contribution in [2.45, 2.75) is 30.6 Å². The summed E-state index contributed by atoms with van der Waals surface area (Å²) in [5.41, 5.74) is 0.756. The van der Waals surface area contributed by atoms with E-state index in [0.29, 0.717) is 41.6 Å². The Bertz CT molecular complexity index is 1070. The Kier molecular flexibility index (Phi) is 5.39. The van der Waals surface area contributed by atoms with Gasteiger partial charge >= 0.3 is 0 Å². The minimum Gasteiger partial charge on any atom is -0.454 e. The van der Waals surface area contributed by atoms with Crippen molar-refractivity contribution in [1.82, 2.24) is 4.72 Å². The van der Waals surface area contributed by atoms with Crippen molar-refractivity contribution in [1.29, 1.82) is 0 Å². The van der Waals surface area contributed by atoms with E-state index in [1.54, 1.807) is 30.3 Å². The molecule has 152 valence electrons. The van der Waals surface area contributed by atoms with Crippen molar-refractivity contribution in [3.05, 3.63) is 48.0 Å². The molecular formula is C20H21N3O5S. The van der Waals surface area contributed by atoms with Gasteiger partial charge in [-0.3, -0.25) is 14.5 Å². The first-order valence-electron chi connectivity index (χ1n) is 9.38.